The summed E-state index contributed by atoms with van der Waals surface area (Å²) in [7, 11) is 0. The van der Waals surface area contributed by atoms with Gasteiger partial charge in [-0.25, -0.2) is 0 Å². The highest BCUT2D eigenvalue weighted by Gasteiger charge is 2.52. The third-order valence-corrected chi connectivity index (χ3v) is 5.17. The van der Waals surface area contributed by atoms with Crippen LogP contribution in [0.3, 0.4) is 0 Å². The summed E-state index contributed by atoms with van der Waals surface area (Å²) in [4.78, 5) is 14.3. The second kappa shape index (κ2) is 4.21. The molecule has 23 heavy (non-hydrogen) atoms. The highest BCUT2D eigenvalue weighted by Crippen LogP contribution is 2.47. The van der Waals surface area contributed by atoms with Crippen molar-refractivity contribution < 1.29 is 9.90 Å². The molecular formula is C20H15NO2. The number of hydrogen-bond donors (Lipinski definition) is 1. The second-order valence-corrected chi connectivity index (χ2v) is 6.24. The minimum absolute atomic E-state index is 0.0816. The quantitative estimate of drug-likeness (QED) is 0.693. The van der Waals surface area contributed by atoms with Crippen molar-refractivity contribution in [2.45, 2.75) is 12.1 Å². The SMILES string of the molecule is O=C1c2ccccc2C2(O)c3ccc4ccccc4c3CCN12. The number of hydrogen-bond acceptors (Lipinski definition) is 2. The molecule has 0 saturated carbocycles. The first-order valence-electron chi connectivity index (χ1n) is 7.86. The molecule has 0 saturated heterocycles. The first kappa shape index (κ1) is 12.9. The zero-order valence-corrected chi connectivity index (χ0v) is 12.5. The highest BCUT2D eigenvalue weighted by molar-refractivity contribution is 6.01. The topological polar surface area (TPSA) is 40.5 Å². The fourth-order valence-corrected chi connectivity index (χ4v) is 4.12. The third kappa shape index (κ3) is 1.45. The minimum Gasteiger partial charge on any atom is -0.363 e. The van der Waals surface area contributed by atoms with E-state index in [0.29, 0.717) is 17.7 Å². The highest BCUT2D eigenvalue weighted by atomic mass is 16.3. The van der Waals surface area contributed by atoms with Crippen LogP contribution in [0.5, 0.6) is 0 Å². The molecule has 0 aliphatic carbocycles. The molecule has 3 aromatic rings. The average molecular weight is 301 g/mol. The molecule has 1 unspecified atom stereocenters. The van der Waals surface area contributed by atoms with Crippen molar-refractivity contribution in [1.29, 1.82) is 0 Å². The molecule has 3 heteroatoms. The Morgan fingerprint density at radius 1 is 0.913 bits per heavy atom. The van der Waals surface area contributed by atoms with Crippen LogP contribution in [0.2, 0.25) is 0 Å². The first-order chi connectivity index (χ1) is 11.2. The zero-order chi connectivity index (χ0) is 15.6. The summed E-state index contributed by atoms with van der Waals surface area (Å²) < 4.78 is 0. The van der Waals surface area contributed by atoms with Gasteiger partial charge >= 0.3 is 0 Å². The molecule has 0 bridgehead atoms. The maximum Gasteiger partial charge on any atom is 0.257 e. The van der Waals surface area contributed by atoms with Crippen LogP contribution in [0.15, 0.2) is 60.7 Å². The Kier molecular flexibility index (Phi) is 2.35. The van der Waals surface area contributed by atoms with Crippen molar-refractivity contribution >= 4 is 16.7 Å². The maximum atomic E-state index is 12.7. The number of fused-ring (bicyclic) bond motifs is 7. The van der Waals surface area contributed by atoms with Gasteiger partial charge in [-0.2, -0.15) is 0 Å². The van der Waals surface area contributed by atoms with Gasteiger partial charge in [0.2, 0.25) is 0 Å². The van der Waals surface area contributed by atoms with Crippen LogP contribution < -0.4 is 0 Å². The smallest absolute Gasteiger partial charge is 0.257 e. The molecule has 1 N–H and O–H groups in total. The molecule has 0 fully saturated rings. The van der Waals surface area contributed by atoms with E-state index in [2.05, 4.69) is 12.1 Å². The van der Waals surface area contributed by atoms with E-state index in [1.165, 1.54) is 5.39 Å². The molecule has 3 nitrogen and oxygen atoms in total. The fourth-order valence-electron chi connectivity index (χ4n) is 4.12. The van der Waals surface area contributed by atoms with Crippen LogP contribution in [0.1, 0.15) is 27.0 Å². The van der Waals surface area contributed by atoms with Crippen LogP contribution in [0, 0.1) is 0 Å². The van der Waals surface area contributed by atoms with Crippen LogP contribution in [0.4, 0.5) is 0 Å². The van der Waals surface area contributed by atoms with Gasteiger partial charge in [-0.05, 0) is 28.8 Å². The standard InChI is InChI=1S/C20H15NO2/c22-19-16-7-3-4-8-17(16)20(23)18-10-9-13-5-1-2-6-14(13)15(18)11-12-21(19)20/h1-10,23H,11-12H2. The van der Waals surface area contributed by atoms with Crippen LogP contribution >= 0.6 is 0 Å². The monoisotopic (exact) mass is 301 g/mol. The van der Waals surface area contributed by atoms with E-state index in [0.717, 1.165) is 22.9 Å². The molecule has 0 radical (unpaired) electrons. The predicted octanol–water partition coefficient (Wildman–Crippen LogP) is 3.05. The molecule has 1 amide bonds. The zero-order valence-electron chi connectivity index (χ0n) is 12.5. The summed E-state index contributed by atoms with van der Waals surface area (Å²) in [6, 6.07) is 19.6. The number of benzene rings is 3. The van der Waals surface area contributed by atoms with Crippen molar-refractivity contribution in [3.8, 4) is 0 Å². The second-order valence-electron chi connectivity index (χ2n) is 6.24. The molecule has 0 aromatic heterocycles. The Hall–Kier alpha value is -2.65. The molecular weight excluding hydrogens is 286 g/mol. The molecule has 5 rings (SSSR count). The lowest BCUT2D eigenvalue weighted by atomic mass is 9.84. The number of carbonyl (C=O) groups is 1. The maximum absolute atomic E-state index is 12.7. The van der Waals surface area contributed by atoms with Gasteiger partial charge in [0, 0.05) is 23.2 Å². The molecule has 2 aliphatic rings. The Morgan fingerprint density at radius 3 is 2.61 bits per heavy atom. The van der Waals surface area contributed by atoms with Crippen molar-refractivity contribution in [1.82, 2.24) is 4.90 Å². The Morgan fingerprint density at radius 2 is 1.70 bits per heavy atom. The molecule has 3 aromatic carbocycles. The van der Waals surface area contributed by atoms with Gasteiger partial charge in [-0.15, -0.1) is 0 Å². The van der Waals surface area contributed by atoms with E-state index in [1.54, 1.807) is 11.0 Å². The minimum atomic E-state index is -1.34. The fraction of sp³-hybridized carbons (Fsp3) is 0.150. The number of amides is 1. The van der Waals surface area contributed by atoms with Gasteiger partial charge in [-0.3, -0.25) is 4.79 Å². The van der Waals surface area contributed by atoms with Gasteiger partial charge in [0.25, 0.3) is 5.91 Å². The van der Waals surface area contributed by atoms with E-state index in [1.807, 2.05) is 42.5 Å². The Balaban J connectivity index is 1.86. The largest absolute Gasteiger partial charge is 0.363 e. The predicted molar refractivity (Wildman–Crippen MR) is 88.1 cm³/mol. The van der Waals surface area contributed by atoms with Gasteiger partial charge in [-0.1, -0.05) is 54.6 Å². The number of nitrogens with zero attached hydrogens (tertiary/aromatic N) is 1. The summed E-state index contributed by atoms with van der Waals surface area (Å²) in [6.07, 6.45) is 0.763. The van der Waals surface area contributed by atoms with E-state index in [-0.39, 0.29) is 5.91 Å². The number of rotatable bonds is 0. The van der Waals surface area contributed by atoms with Crippen molar-refractivity contribution in [3.05, 3.63) is 82.9 Å². The van der Waals surface area contributed by atoms with Crippen LogP contribution in [-0.4, -0.2) is 22.5 Å². The summed E-state index contributed by atoms with van der Waals surface area (Å²) in [5.41, 5.74) is 1.94. The van der Waals surface area contributed by atoms with Crippen LogP contribution in [0.25, 0.3) is 10.8 Å². The van der Waals surface area contributed by atoms with Crippen molar-refractivity contribution in [2.24, 2.45) is 0 Å². The Labute approximate surface area is 133 Å². The summed E-state index contributed by atoms with van der Waals surface area (Å²) in [6.45, 7) is 0.533. The van der Waals surface area contributed by atoms with Crippen LogP contribution in [-0.2, 0) is 12.1 Å². The Bertz CT molecular complexity index is 978. The van der Waals surface area contributed by atoms with Gasteiger partial charge in [0.05, 0.1) is 0 Å². The molecule has 2 heterocycles. The number of carbonyl (C=O) groups excluding carboxylic acids is 1. The van der Waals surface area contributed by atoms with Gasteiger partial charge in [0.15, 0.2) is 5.72 Å². The lowest BCUT2D eigenvalue weighted by Gasteiger charge is -2.40. The van der Waals surface area contributed by atoms with E-state index < -0.39 is 5.72 Å². The summed E-state index contributed by atoms with van der Waals surface area (Å²) in [5.74, 6) is -0.0816. The van der Waals surface area contributed by atoms with E-state index >= 15 is 0 Å². The normalized spacial score (nSPS) is 22.0. The molecule has 2 aliphatic heterocycles. The molecule has 112 valence electrons. The lowest BCUT2D eigenvalue weighted by Crippen LogP contribution is -2.49. The molecule has 0 spiro atoms. The number of aliphatic hydroxyl groups is 1. The summed E-state index contributed by atoms with van der Waals surface area (Å²) >= 11 is 0. The van der Waals surface area contributed by atoms with Crippen molar-refractivity contribution in [3.63, 3.8) is 0 Å². The van der Waals surface area contributed by atoms with Crippen molar-refractivity contribution in [2.75, 3.05) is 6.54 Å². The molecule has 1 atom stereocenters. The summed E-state index contributed by atoms with van der Waals surface area (Å²) in [5, 5.41) is 13.9. The van der Waals surface area contributed by atoms with E-state index in [9.17, 15) is 9.90 Å². The lowest BCUT2D eigenvalue weighted by molar-refractivity contribution is -0.0560. The average Bonchev–Trinajstić information content (AvgIpc) is 2.83. The first-order valence-corrected chi connectivity index (χ1v) is 7.86. The van der Waals surface area contributed by atoms with Gasteiger partial charge in [0.1, 0.15) is 0 Å². The third-order valence-electron chi connectivity index (χ3n) is 5.17. The van der Waals surface area contributed by atoms with Gasteiger partial charge < -0.3 is 10.0 Å². The van der Waals surface area contributed by atoms with E-state index in [4.69, 9.17) is 0 Å².